The van der Waals surface area contributed by atoms with Crippen molar-refractivity contribution in [2.24, 2.45) is 7.05 Å². The summed E-state index contributed by atoms with van der Waals surface area (Å²) in [6, 6.07) is 6.67. The Bertz CT molecular complexity index is 1130. The predicted molar refractivity (Wildman–Crippen MR) is 125 cm³/mol. The number of anilines is 1. The van der Waals surface area contributed by atoms with Crippen LogP contribution >= 0.6 is 0 Å². The summed E-state index contributed by atoms with van der Waals surface area (Å²) in [6.45, 7) is 5.39. The molecule has 0 bridgehead atoms. The molecule has 1 aromatic carbocycles. The highest BCUT2D eigenvalue weighted by Crippen LogP contribution is 2.23. The van der Waals surface area contributed by atoms with Gasteiger partial charge in [0.05, 0.1) is 13.2 Å². The van der Waals surface area contributed by atoms with Crippen LogP contribution < -0.4 is 26.0 Å². The lowest BCUT2D eigenvalue weighted by atomic mass is 10.1. The van der Waals surface area contributed by atoms with E-state index in [0.717, 1.165) is 9.25 Å². The minimum atomic E-state index is -4.37. The molecule has 1 aromatic heterocycles. The van der Waals surface area contributed by atoms with Crippen molar-refractivity contribution in [3.05, 3.63) is 45.1 Å². The number of hydrogen-bond acceptors (Lipinski definition) is 8. The van der Waals surface area contributed by atoms with E-state index in [-0.39, 0.29) is 38.5 Å². The van der Waals surface area contributed by atoms with Gasteiger partial charge in [-0.05, 0) is 57.9 Å². The van der Waals surface area contributed by atoms with E-state index in [0.29, 0.717) is 17.9 Å². The number of nitrogens with zero attached hydrogens (tertiary/aromatic N) is 3. The average molecular weight is 517 g/mol. The highest BCUT2D eigenvalue weighted by molar-refractivity contribution is 5.79. The normalized spacial score (nSPS) is 11.8. The number of carbonyl (C=O) groups is 1. The Labute approximate surface area is 206 Å². The lowest BCUT2D eigenvalue weighted by molar-refractivity contribution is -0.158. The van der Waals surface area contributed by atoms with Crippen molar-refractivity contribution >= 4 is 11.8 Å². The van der Waals surface area contributed by atoms with E-state index in [1.165, 1.54) is 7.05 Å². The summed E-state index contributed by atoms with van der Waals surface area (Å²) in [5.41, 5.74) is -2.70. The van der Waals surface area contributed by atoms with Crippen LogP contribution in [0, 0.1) is 0 Å². The smallest absolute Gasteiger partial charge is 0.389 e. The Morgan fingerprint density at radius 3 is 2.33 bits per heavy atom. The molecule has 0 fully saturated rings. The van der Waals surface area contributed by atoms with Gasteiger partial charge in [0.15, 0.2) is 5.60 Å². The molecule has 0 aliphatic carbocycles. The van der Waals surface area contributed by atoms with Crippen LogP contribution in [0.25, 0.3) is 0 Å². The topological polar surface area (TPSA) is 114 Å². The van der Waals surface area contributed by atoms with Crippen LogP contribution in [0.1, 0.15) is 40.0 Å². The predicted octanol–water partition coefficient (Wildman–Crippen LogP) is 2.89. The molecule has 0 radical (unpaired) electrons. The number of nitrogens with one attached hydrogen (secondary N) is 1. The fourth-order valence-electron chi connectivity index (χ4n) is 3.08. The standard InChI is InChI=1S/C23H31F3N4O6/c1-5-34-20(32)22(2,3)36-17-10-8-16(9-11-17)35-15-7-13-27-18-19(31)30(21(33)29(4)28-18)14-6-12-23(24,25)26/h8-11H,5-7,12-15H2,1-4H3,(H,27,28). The molecule has 0 saturated heterocycles. The van der Waals surface area contributed by atoms with E-state index in [9.17, 15) is 27.6 Å². The van der Waals surface area contributed by atoms with Gasteiger partial charge in [0.2, 0.25) is 5.82 Å². The summed E-state index contributed by atoms with van der Waals surface area (Å²) < 4.78 is 55.1. The summed E-state index contributed by atoms with van der Waals surface area (Å²) in [4.78, 5) is 36.5. The number of benzene rings is 1. The Balaban J connectivity index is 1.85. The number of carbonyl (C=O) groups excluding carboxylic acids is 1. The van der Waals surface area contributed by atoms with Gasteiger partial charge >= 0.3 is 17.8 Å². The highest BCUT2D eigenvalue weighted by atomic mass is 19.4. The van der Waals surface area contributed by atoms with Crippen LogP contribution in [-0.2, 0) is 23.1 Å². The maximum atomic E-state index is 12.5. The van der Waals surface area contributed by atoms with E-state index in [1.807, 2.05) is 0 Å². The summed E-state index contributed by atoms with van der Waals surface area (Å²) in [5.74, 6) is 0.423. The highest BCUT2D eigenvalue weighted by Gasteiger charge is 2.31. The third-order valence-electron chi connectivity index (χ3n) is 4.89. The van der Waals surface area contributed by atoms with E-state index in [1.54, 1.807) is 45.0 Å². The number of ether oxygens (including phenoxy) is 3. The lowest BCUT2D eigenvalue weighted by Gasteiger charge is -2.24. The van der Waals surface area contributed by atoms with Crippen molar-refractivity contribution in [1.82, 2.24) is 14.3 Å². The molecule has 200 valence electrons. The molecule has 0 atom stereocenters. The first-order valence-electron chi connectivity index (χ1n) is 11.4. The number of hydrogen-bond donors (Lipinski definition) is 1. The van der Waals surface area contributed by atoms with Crippen LogP contribution in [-0.4, -0.2) is 51.9 Å². The maximum absolute atomic E-state index is 12.5. The number of esters is 1. The summed E-state index contributed by atoms with van der Waals surface area (Å²) in [5, 5.41) is 6.66. The lowest BCUT2D eigenvalue weighted by Crippen LogP contribution is -2.42. The van der Waals surface area contributed by atoms with Crippen molar-refractivity contribution < 1.29 is 32.2 Å². The zero-order valence-corrected chi connectivity index (χ0v) is 20.7. The Morgan fingerprint density at radius 1 is 1.08 bits per heavy atom. The van der Waals surface area contributed by atoms with Crippen molar-refractivity contribution in [3.63, 3.8) is 0 Å². The molecular weight excluding hydrogens is 485 g/mol. The molecule has 0 unspecified atom stereocenters. The molecule has 0 aliphatic heterocycles. The Hall–Kier alpha value is -3.51. The van der Waals surface area contributed by atoms with E-state index in [2.05, 4.69) is 10.4 Å². The number of aryl methyl sites for hydroxylation is 1. The van der Waals surface area contributed by atoms with Crippen LogP contribution in [0.3, 0.4) is 0 Å². The second-order valence-electron chi connectivity index (χ2n) is 8.36. The van der Waals surface area contributed by atoms with Gasteiger partial charge in [-0.1, -0.05) is 0 Å². The van der Waals surface area contributed by atoms with Gasteiger partial charge in [0.1, 0.15) is 11.5 Å². The van der Waals surface area contributed by atoms with Crippen LogP contribution in [0.15, 0.2) is 33.9 Å². The first kappa shape index (κ1) is 28.7. The van der Waals surface area contributed by atoms with Crippen LogP contribution in [0.4, 0.5) is 19.0 Å². The van der Waals surface area contributed by atoms with E-state index >= 15 is 0 Å². The number of alkyl halides is 3. The minimum absolute atomic E-state index is 0.130. The maximum Gasteiger partial charge on any atom is 0.389 e. The molecule has 0 spiro atoms. The van der Waals surface area contributed by atoms with Gasteiger partial charge in [-0.15, -0.1) is 5.10 Å². The second kappa shape index (κ2) is 12.5. The molecule has 2 aromatic rings. The molecule has 10 nitrogen and oxygen atoms in total. The molecule has 36 heavy (non-hydrogen) atoms. The summed E-state index contributed by atoms with van der Waals surface area (Å²) in [6.07, 6.45) is -5.39. The third-order valence-corrected chi connectivity index (χ3v) is 4.89. The molecule has 1 N–H and O–H groups in total. The minimum Gasteiger partial charge on any atom is -0.494 e. The number of rotatable bonds is 13. The fourth-order valence-corrected chi connectivity index (χ4v) is 3.08. The molecule has 13 heteroatoms. The van der Waals surface area contributed by atoms with Gasteiger partial charge in [-0.25, -0.2) is 14.3 Å². The third kappa shape index (κ3) is 8.61. The molecule has 0 aliphatic rings. The summed E-state index contributed by atoms with van der Waals surface area (Å²) >= 11 is 0. The monoisotopic (exact) mass is 516 g/mol. The number of halogens is 3. The summed E-state index contributed by atoms with van der Waals surface area (Å²) in [7, 11) is 1.32. The van der Waals surface area contributed by atoms with Crippen LogP contribution in [0.5, 0.6) is 11.5 Å². The second-order valence-corrected chi connectivity index (χ2v) is 8.36. The zero-order chi connectivity index (χ0) is 26.9. The van der Waals surface area contributed by atoms with Gasteiger partial charge in [-0.3, -0.25) is 9.36 Å². The van der Waals surface area contributed by atoms with Crippen molar-refractivity contribution in [2.75, 3.05) is 25.1 Å². The Kier molecular flexibility index (Phi) is 9.93. The quantitative estimate of drug-likeness (QED) is 0.319. The van der Waals surface area contributed by atoms with E-state index in [4.69, 9.17) is 14.2 Å². The Morgan fingerprint density at radius 2 is 1.72 bits per heavy atom. The molecule has 0 amide bonds. The van der Waals surface area contributed by atoms with Gasteiger partial charge in [-0.2, -0.15) is 13.2 Å². The number of aromatic nitrogens is 3. The van der Waals surface area contributed by atoms with Gasteiger partial charge < -0.3 is 19.5 Å². The van der Waals surface area contributed by atoms with Gasteiger partial charge in [0, 0.05) is 26.6 Å². The fraction of sp³-hybridized carbons (Fsp3) is 0.565. The molecule has 0 saturated carbocycles. The van der Waals surface area contributed by atoms with Gasteiger partial charge in [0.25, 0.3) is 5.56 Å². The average Bonchev–Trinajstić information content (AvgIpc) is 2.79. The van der Waals surface area contributed by atoms with E-state index < -0.39 is 35.4 Å². The molecule has 1 heterocycles. The molecule has 2 rings (SSSR count). The first-order valence-corrected chi connectivity index (χ1v) is 11.4. The molecular formula is C23H31F3N4O6. The van der Waals surface area contributed by atoms with Crippen molar-refractivity contribution in [1.29, 1.82) is 0 Å². The van der Waals surface area contributed by atoms with Crippen molar-refractivity contribution in [2.45, 2.75) is 58.4 Å². The van der Waals surface area contributed by atoms with Crippen molar-refractivity contribution in [3.8, 4) is 11.5 Å². The first-order chi connectivity index (χ1) is 16.8. The largest absolute Gasteiger partial charge is 0.494 e. The van der Waals surface area contributed by atoms with Crippen LogP contribution in [0.2, 0.25) is 0 Å². The zero-order valence-electron chi connectivity index (χ0n) is 20.7. The SMILES string of the molecule is CCOC(=O)C(C)(C)Oc1ccc(OCCCNc2nn(C)c(=O)n(CCCC(F)(F)F)c2=O)cc1.